The summed E-state index contributed by atoms with van der Waals surface area (Å²) in [6.07, 6.45) is -35.6. The maximum absolute atomic E-state index is 13.1. The van der Waals surface area contributed by atoms with E-state index in [2.05, 4.69) is 5.32 Å². The molecule has 25 heteroatoms. The summed E-state index contributed by atoms with van der Waals surface area (Å²) in [5.74, 6) is -5.80. The van der Waals surface area contributed by atoms with Gasteiger partial charge in [0.05, 0.1) is 38.1 Å². The van der Waals surface area contributed by atoms with Crippen molar-refractivity contribution < 1.29 is 114 Å². The molecule has 0 saturated carbocycles. The van der Waals surface area contributed by atoms with Crippen molar-refractivity contribution in [1.29, 1.82) is 0 Å². The van der Waals surface area contributed by atoms with E-state index < -0.39 is 175 Å². The molecule has 14 N–H and O–H groups in total. The second-order valence-electron chi connectivity index (χ2n) is 16.4. The zero-order valence-corrected chi connectivity index (χ0v) is 34.2. The van der Waals surface area contributed by atoms with Crippen molar-refractivity contribution in [3.05, 3.63) is 0 Å². The largest absolute Gasteiger partial charge is 0.477 e. The van der Waals surface area contributed by atoms with Gasteiger partial charge < -0.3 is 110 Å². The molecule has 0 spiro atoms. The van der Waals surface area contributed by atoms with Gasteiger partial charge in [0.1, 0.15) is 85.5 Å². The van der Waals surface area contributed by atoms with Gasteiger partial charge in [-0.3, -0.25) is 4.79 Å². The van der Waals surface area contributed by atoms with Crippen LogP contribution in [0.2, 0.25) is 25.7 Å². The van der Waals surface area contributed by atoms with Crippen LogP contribution in [0.15, 0.2) is 0 Å². The number of hydrogen-bond donors (Lipinski definition) is 14. The van der Waals surface area contributed by atoms with Gasteiger partial charge in [0.2, 0.25) is 5.91 Å². The van der Waals surface area contributed by atoms with E-state index in [1.165, 1.54) is 6.92 Å². The van der Waals surface area contributed by atoms with E-state index >= 15 is 0 Å². The molecule has 0 bridgehead atoms. The SMILES string of the molecule is CC(=O)N[C@H]1[C@H]([C@H](O)[C@H](O)CO)O[C@@](O[C@@H]2[C@@H](O)[C@H](OCC[Si](C)(C)C)O[C@H](CO)[C@@H]2O[C@@H]2O[C@H](CO)[C@@H](O[C@H]3O[C@@H](C)[C@H](O)[C@@H](O)[C@H]3O)[C@H](O)[C@H]2O)(C(=O)O)C[C@@H]1O. The Bertz CT molecular complexity index is 1360. The molecule has 0 radical (unpaired) electrons. The molecule has 0 aromatic rings. The quantitative estimate of drug-likeness (QED) is 0.0604. The standard InChI is InChI=1S/C34H61NO23Si/c1-12-19(42)21(44)23(46)31(52-12)55-26-16(10-37)54-32(24(47)22(26)45)56-27-17(11-38)53-30(51-6-7-59(3,4)5)25(48)29(27)58-34(33(49)50)8-14(40)18(35-13(2)39)28(57-34)20(43)15(41)9-36/h12,14-32,36-38,40-48H,6-11H2,1-5H3,(H,35,39)(H,49,50)/t12-,14-,15+,16+,17+,18+,19-,20+,21+,22+,23+,24+,25+,26+,27-,28+,29+,30+,31+,32-,34-/m0/s1. The van der Waals surface area contributed by atoms with E-state index in [-0.39, 0.29) is 6.61 Å². The number of amides is 1. The number of carbonyl (C=O) groups is 2. The van der Waals surface area contributed by atoms with Crippen LogP contribution in [0.5, 0.6) is 0 Å². The lowest BCUT2D eigenvalue weighted by Crippen LogP contribution is -2.71. The van der Waals surface area contributed by atoms with E-state index in [1.807, 2.05) is 19.6 Å². The Morgan fingerprint density at radius 1 is 0.780 bits per heavy atom. The molecule has 24 nitrogen and oxygen atoms in total. The number of carboxylic acid groups (broad SMARTS) is 1. The minimum absolute atomic E-state index is 0.0171. The second-order valence-corrected chi connectivity index (χ2v) is 22.1. The van der Waals surface area contributed by atoms with Crippen LogP contribution >= 0.6 is 0 Å². The fourth-order valence-corrected chi connectivity index (χ4v) is 7.93. The Morgan fingerprint density at radius 2 is 1.34 bits per heavy atom. The van der Waals surface area contributed by atoms with Crippen molar-refractivity contribution in [3.8, 4) is 0 Å². The van der Waals surface area contributed by atoms with E-state index in [4.69, 9.17) is 37.9 Å². The highest BCUT2D eigenvalue weighted by Gasteiger charge is 2.61. The Kier molecular flexibility index (Phi) is 17.5. The van der Waals surface area contributed by atoms with E-state index in [0.717, 1.165) is 6.92 Å². The first-order valence-corrected chi connectivity index (χ1v) is 22.9. The molecule has 1 amide bonds. The van der Waals surface area contributed by atoms with Crippen molar-refractivity contribution in [2.45, 2.75) is 174 Å². The molecule has 0 aromatic heterocycles. The van der Waals surface area contributed by atoms with Crippen molar-refractivity contribution in [1.82, 2.24) is 5.32 Å². The molecular weight excluding hydrogens is 818 g/mol. The van der Waals surface area contributed by atoms with E-state index in [1.54, 1.807) is 0 Å². The van der Waals surface area contributed by atoms with Crippen LogP contribution in [0, 0.1) is 0 Å². The highest BCUT2D eigenvalue weighted by molar-refractivity contribution is 6.76. The van der Waals surface area contributed by atoms with Gasteiger partial charge in [-0.05, 0) is 13.0 Å². The summed E-state index contributed by atoms with van der Waals surface area (Å²) in [4.78, 5) is 25.2. The lowest BCUT2D eigenvalue weighted by molar-refractivity contribution is -0.399. The van der Waals surface area contributed by atoms with Crippen molar-refractivity contribution >= 4 is 20.0 Å². The number of aliphatic hydroxyl groups excluding tert-OH is 12. The fourth-order valence-electron chi connectivity index (χ4n) is 7.20. The van der Waals surface area contributed by atoms with Gasteiger partial charge in [-0.1, -0.05) is 19.6 Å². The van der Waals surface area contributed by atoms with Crippen LogP contribution in [-0.4, -0.2) is 241 Å². The zero-order valence-electron chi connectivity index (χ0n) is 33.2. The maximum Gasteiger partial charge on any atom is 0.364 e. The number of ether oxygens (including phenoxy) is 8. The molecule has 4 rings (SSSR count). The predicted octanol–water partition coefficient (Wildman–Crippen LogP) is -7.01. The highest BCUT2D eigenvalue weighted by atomic mass is 28.3. The summed E-state index contributed by atoms with van der Waals surface area (Å²) in [6, 6.07) is -1.03. The molecule has 4 heterocycles. The Hall–Kier alpha value is -1.64. The normalized spacial score (nSPS) is 44.4. The van der Waals surface area contributed by atoms with Crippen LogP contribution in [0.1, 0.15) is 20.3 Å². The monoisotopic (exact) mass is 879 g/mol. The first-order chi connectivity index (χ1) is 27.5. The number of nitrogens with one attached hydrogen (secondary N) is 1. The van der Waals surface area contributed by atoms with Gasteiger partial charge in [0.15, 0.2) is 18.9 Å². The molecule has 4 saturated heterocycles. The lowest BCUT2D eigenvalue weighted by atomic mass is 9.88. The summed E-state index contributed by atoms with van der Waals surface area (Å²) < 4.78 is 46.2. The number of aliphatic hydroxyl groups is 12. The molecule has 0 aliphatic carbocycles. The minimum atomic E-state index is -3.07. The first-order valence-electron chi connectivity index (χ1n) is 19.2. The smallest absolute Gasteiger partial charge is 0.364 e. The topological polar surface area (TPSA) is 383 Å². The van der Waals surface area contributed by atoms with Crippen LogP contribution in [0.3, 0.4) is 0 Å². The van der Waals surface area contributed by atoms with Gasteiger partial charge in [0, 0.05) is 28.0 Å². The van der Waals surface area contributed by atoms with Crippen LogP contribution < -0.4 is 5.32 Å². The Labute approximate surface area is 339 Å². The average Bonchev–Trinajstić information content (AvgIpc) is 3.17. The van der Waals surface area contributed by atoms with Crippen LogP contribution in [-0.2, 0) is 47.5 Å². The molecule has 344 valence electrons. The summed E-state index contributed by atoms with van der Waals surface area (Å²) in [7, 11) is -1.76. The number of rotatable bonds is 17. The lowest BCUT2D eigenvalue weighted by Gasteiger charge is -2.51. The third-order valence-corrected chi connectivity index (χ3v) is 12.4. The van der Waals surface area contributed by atoms with E-state index in [0.29, 0.717) is 6.04 Å². The van der Waals surface area contributed by atoms with Crippen LogP contribution in [0.25, 0.3) is 0 Å². The average molecular weight is 880 g/mol. The second kappa shape index (κ2) is 20.7. The van der Waals surface area contributed by atoms with Crippen LogP contribution in [0.4, 0.5) is 0 Å². The third-order valence-electron chi connectivity index (χ3n) is 10.7. The van der Waals surface area contributed by atoms with Gasteiger partial charge in [-0.2, -0.15) is 0 Å². The van der Waals surface area contributed by atoms with Crippen molar-refractivity contribution in [2.75, 3.05) is 26.4 Å². The summed E-state index contributed by atoms with van der Waals surface area (Å²) in [5.41, 5.74) is 0. The summed E-state index contributed by atoms with van der Waals surface area (Å²) in [5, 5.41) is 141. The molecule has 59 heavy (non-hydrogen) atoms. The number of carbonyl (C=O) groups excluding carboxylic acids is 1. The molecule has 4 fully saturated rings. The molecular formula is C34H61NO23Si. The molecule has 0 unspecified atom stereocenters. The minimum Gasteiger partial charge on any atom is -0.477 e. The summed E-state index contributed by atoms with van der Waals surface area (Å²) >= 11 is 0. The third kappa shape index (κ3) is 11.5. The number of hydrogen-bond acceptors (Lipinski definition) is 22. The highest BCUT2D eigenvalue weighted by Crippen LogP contribution is 2.39. The maximum atomic E-state index is 13.1. The molecule has 4 aliphatic rings. The van der Waals surface area contributed by atoms with Crippen molar-refractivity contribution in [2.24, 2.45) is 0 Å². The first kappa shape index (κ1) is 50.0. The van der Waals surface area contributed by atoms with Crippen molar-refractivity contribution in [3.63, 3.8) is 0 Å². The summed E-state index contributed by atoms with van der Waals surface area (Å²) in [6.45, 7) is 5.57. The molecule has 0 aromatic carbocycles. The molecule has 21 atom stereocenters. The van der Waals surface area contributed by atoms with E-state index in [9.17, 15) is 76.0 Å². The number of aliphatic carboxylic acids is 1. The zero-order chi connectivity index (χ0) is 44.3. The van der Waals surface area contributed by atoms with Gasteiger partial charge in [0.25, 0.3) is 5.79 Å². The Morgan fingerprint density at radius 3 is 1.90 bits per heavy atom. The number of carboxylic acids is 1. The van der Waals surface area contributed by atoms with Gasteiger partial charge >= 0.3 is 5.97 Å². The fraction of sp³-hybridized carbons (Fsp3) is 0.941. The van der Waals surface area contributed by atoms with Gasteiger partial charge in [-0.15, -0.1) is 0 Å². The predicted molar refractivity (Wildman–Crippen MR) is 193 cm³/mol. The molecule has 4 aliphatic heterocycles. The van der Waals surface area contributed by atoms with Gasteiger partial charge in [-0.25, -0.2) is 4.79 Å². The Balaban J connectivity index is 1.69.